The lowest BCUT2D eigenvalue weighted by molar-refractivity contribution is 0.0600. The lowest BCUT2D eigenvalue weighted by atomic mass is 9.78. The van der Waals surface area contributed by atoms with Crippen LogP contribution in [0.5, 0.6) is 0 Å². The van der Waals surface area contributed by atoms with Crippen LogP contribution in [0.1, 0.15) is 29.6 Å². The number of nitrogens with two attached hydrogens (primary N) is 1. The molecule has 1 aliphatic rings. The zero-order chi connectivity index (χ0) is 14.6. The molecule has 0 saturated heterocycles. The van der Waals surface area contributed by atoms with Gasteiger partial charge in [0, 0.05) is 17.8 Å². The van der Waals surface area contributed by atoms with Crippen LogP contribution in [0.4, 0.5) is 10.5 Å². The van der Waals surface area contributed by atoms with Crippen LogP contribution in [-0.4, -0.2) is 31.2 Å². The molecule has 1 fully saturated rings. The van der Waals surface area contributed by atoms with Crippen LogP contribution >= 0.6 is 12.4 Å². The molecular weight excluding hydrogens is 294 g/mol. The maximum absolute atomic E-state index is 11.8. The predicted molar refractivity (Wildman–Crippen MR) is 82.8 cm³/mol. The number of nitrogens with one attached hydrogen (secondary N) is 2. The van der Waals surface area contributed by atoms with Crippen molar-refractivity contribution in [3.05, 3.63) is 29.8 Å². The summed E-state index contributed by atoms with van der Waals surface area (Å²) in [5, 5.41) is 5.41. The number of amides is 2. The average molecular weight is 314 g/mol. The minimum Gasteiger partial charge on any atom is -0.465 e. The van der Waals surface area contributed by atoms with E-state index in [1.54, 1.807) is 24.3 Å². The predicted octanol–water partition coefficient (Wildman–Crippen LogP) is 1.90. The molecule has 0 heterocycles. The van der Waals surface area contributed by atoms with Gasteiger partial charge in [-0.1, -0.05) is 6.07 Å². The monoisotopic (exact) mass is 313 g/mol. The molecule has 0 atom stereocenters. The summed E-state index contributed by atoms with van der Waals surface area (Å²) in [7, 11) is 1.31. The molecule has 1 aromatic rings. The minimum absolute atomic E-state index is 0. The molecule has 2 rings (SSSR count). The fraction of sp³-hybridized carbons (Fsp3) is 0.429. The Labute approximate surface area is 129 Å². The number of benzene rings is 1. The summed E-state index contributed by atoms with van der Waals surface area (Å²) in [5.41, 5.74) is 6.68. The first-order chi connectivity index (χ1) is 9.52. The van der Waals surface area contributed by atoms with Crippen molar-refractivity contribution in [1.29, 1.82) is 0 Å². The lowest BCUT2D eigenvalue weighted by Gasteiger charge is -2.38. The summed E-state index contributed by atoms with van der Waals surface area (Å²) in [6.45, 7) is 0.454. The van der Waals surface area contributed by atoms with E-state index in [-0.39, 0.29) is 24.0 Å². The maximum Gasteiger partial charge on any atom is 0.337 e. The van der Waals surface area contributed by atoms with E-state index < -0.39 is 5.97 Å². The van der Waals surface area contributed by atoms with Crippen molar-refractivity contribution in [3.63, 3.8) is 0 Å². The average Bonchev–Trinajstić information content (AvgIpc) is 2.42. The first-order valence-electron chi connectivity index (χ1n) is 6.54. The normalized spacial score (nSPS) is 15.1. The van der Waals surface area contributed by atoms with E-state index in [9.17, 15) is 9.59 Å². The van der Waals surface area contributed by atoms with Crippen molar-refractivity contribution < 1.29 is 14.3 Å². The third-order valence-corrected chi connectivity index (χ3v) is 3.49. The standard InChI is InChI=1S/C14H19N3O3.ClH/c1-20-12(18)10-4-2-5-11(8-10)17-13(19)16-9-14(15)6-3-7-14;/h2,4-5,8H,3,6-7,9,15H2,1H3,(H2,16,17,19);1H. The van der Waals surface area contributed by atoms with Crippen LogP contribution < -0.4 is 16.4 Å². The highest BCUT2D eigenvalue weighted by Gasteiger charge is 2.32. The highest BCUT2D eigenvalue weighted by molar-refractivity contribution is 5.93. The number of carbonyl (C=O) groups is 2. The Morgan fingerprint density at radius 2 is 2.10 bits per heavy atom. The van der Waals surface area contributed by atoms with Gasteiger partial charge in [-0.15, -0.1) is 12.4 Å². The van der Waals surface area contributed by atoms with Gasteiger partial charge >= 0.3 is 12.0 Å². The van der Waals surface area contributed by atoms with Gasteiger partial charge in [0.25, 0.3) is 0 Å². The van der Waals surface area contributed by atoms with Crippen LogP contribution in [0.15, 0.2) is 24.3 Å². The summed E-state index contributed by atoms with van der Waals surface area (Å²) >= 11 is 0. The molecule has 0 spiro atoms. The number of methoxy groups -OCH3 is 1. The number of ether oxygens (including phenoxy) is 1. The number of halogens is 1. The van der Waals surface area contributed by atoms with Gasteiger partial charge in [0.05, 0.1) is 12.7 Å². The topological polar surface area (TPSA) is 93.4 Å². The number of urea groups is 1. The van der Waals surface area contributed by atoms with Crippen LogP contribution in [0, 0.1) is 0 Å². The largest absolute Gasteiger partial charge is 0.465 e. The van der Waals surface area contributed by atoms with E-state index in [1.165, 1.54) is 7.11 Å². The third-order valence-electron chi connectivity index (χ3n) is 3.49. The molecule has 1 aromatic carbocycles. The Balaban J connectivity index is 0.00000220. The molecule has 4 N–H and O–H groups in total. The summed E-state index contributed by atoms with van der Waals surface area (Å²) in [5.74, 6) is -0.440. The highest BCUT2D eigenvalue weighted by atomic mass is 35.5. The summed E-state index contributed by atoms with van der Waals surface area (Å²) < 4.78 is 4.63. The lowest BCUT2D eigenvalue weighted by Crippen LogP contribution is -2.55. The van der Waals surface area contributed by atoms with E-state index in [0.29, 0.717) is 17.8 Å². The molecule has 6 nitrogen and oxygen atoms in total. The molecule has 21 heavy (non-hydrogen) atoms. The molecule has 1 saturated carbocycles. The second-order valence-corrected chi connectivity index (χ2v) is 5.10. The summed E-state index contributed by atoms with van der Waals surface area (Å²) in [6.07, 6.45) is 2.98. The molecular formula is C14H20ClN3O3. The zero-order valence-corrected chi connectivity index (χ0v) is 12.7. The molecule has 0 aromatic heterocycles. The van der Waals surface area contributed by atoms with Crippen molar-refractivity contribution in [2.24, 2.45) is 5.73 Å². The van der Waals surface area contributed by atoms with Crippen molar-refractivity contribution in [1.82, 2.24) is 5.32 Å². The van der Waals surface area contributed by atoms with Gasteiger partial charge in [-0.05, 0) is 37.5 Å². The molecule has 0 aliphatic heterocycles. The van der Waals surface area contributed by atoms with Crippen LogP contribution in [-0.2, 0) is 4.74 Å². The number of rotatable bonds is 4. The van der Waals surface area contributed by atoms with E-state index in [4.69, 9.17) is 5.73 Å². The molecule has 0 unspecified atom stereocenters. The smallest absolute Gasteiger partial charge is 0.337 e. The van der Waals surface area contributed by atoms with E-state index in [0.717, 1.165) is 19.3 Å². The Hall–Kier alpha value is -1.79. The van der Waals surface area contributed by atoms with Gasteiger partial charge in [-0.25, -0.2) is 9.59 Å². The van der Waals surface area contributed by atoms with Crippen LogP contribution in [0.2, 0.25) is 0 Å². The first kappa shape index (κ1) is 17.3. The Bertz CT molecular complexity index is 518. The molecule has 0 bridgehead atoms. The van der Waals surface area contributed by atoms with E-state index >= 15 is 0 Å². The second-order valence-electron chi connectivity index (χ2n) is 5.10. The van der Waals surface area contributed by atoms with Crippen molar-refractivity contribution in [3.8, 4) is 0 Å². The summed E-state index contributed by atoms with van der Waals surface area (Å²) in [6, 6.07) is 6.24. The van der Waals surface area contributed by atoms with Gasteiger partial charge in [-0.3, -0.25) is 0 Å². The number of esters is 1. The minimum atomic E-state index is -0.440. The molecule has 2 amide bonds. The van der Waals surface area contributed by atoms with Gasteiger partial charge in [0.15, 0.2) is 0 Å². The second kappa shape index (κ2) is 7.28. The van der Waals surface area contributed by atoms with Gasteiger partial charge in [0.2, 0.25) is 0 Å². The van der Waals surface area contributed by atoms with E-state index in [1.807, 2.05) is 0 Å². The number of anilines is 1. The molecule has 0 radical (unpaired) electrons. The fourth-order valence-corrected chi connectivity index (χ4v) is 2.08. The Kier molecular flexibility index (Phi) is 5.99. The van der Waals surface area contributed by atoms with Gasteiger partial charge in [-0.2, -0.15) is 0 Å². The molecule has 7 heteroatoms. The third kappa shape index (κ3) is 4.61. The van der Waals surface area contributed by atoms with Crippen molar-refractivity contribution >= 4 is 30.1 Å². The quantitative estimate of drug-likeness (QED) is 0.740. The van der Waals surface area contributed by atoms with Gasteiger partial charge < -0.3 is 21.1 Å². The Morgan fingerprint density at radius 3 is 2.67 bits per heavy atom. The molecule has 116 valence electrons. The number of hydrogen-bond donors (Lipinski definition) is 3. The van der Waals surface area contributed by atoms with Crippen LogP contribution in [0.25, 0.3) is 0 Å². The molecule has 1 aliphatic carbocycles. The summed E-state index contributed by atoms with van der Waals surface area (Å²) in [4.78, 5) is 23.1. The van der Waals surface area contributed by atoms with Crippen molar-refractivity contribution in [2.45, 2.75) is 24.8 Å². The van der Waals surface area contributed by atoms with Crippen LogP contribution in [0.3, 0.4) is 0 Å². The maximum atomic E-state index is 11.8. The first-order valence-corrected chi connectivity index (χ1v) is 6.54. The number of hydrogen-bond acceptors (Lipinski definition) is 4. The Morgan fingerprint density at radius 1 is 1.38 bits per heavy atom. The SMILES string of the molecule is COC(=O)c1cccc(NC(=O)NCC2(N)CCC2)c1.Cl. The van der Waals surface area contributed by atoms with Crippen molar-refractivity contribution in [2.75, 3.05) is 19.0 Å². The van der Waals surface area contributed by atoms with Gasteiger partial charge in [0.1, 0.15) is 0 Å². The number of carbonyl (C=O) groups excluding carboxylic acids is 2. The van der Waals surface area contributed by atoms with E-state index in [2.05, 4.69) is 15.4 Å². The zero-order valence-electron chi connectivity index (χ0n) is 11.8. The fourth-order valence-electron chi connectivity index (χ4n) is 2.08. The highest BCUT2D eigenvalue weighted by Crippen LogP contribution is 2.28.